The number of amides is 2. The fraction of sp³-hybridized carbons (Fsp3) is 0.351. The molecule has 2 amide bonds. The van der Waals surface area contributed by atoms with Crippen molar-refractivity contribution in [2.75, 3.05) is 35.0 Å². The molecule has 20 heteroatoms. The Kier molecular flexibility index (Phi) is 9.51. The van der Waals surface area contributed by atoms with E-state index in [4.69, 9.17) is 16.3 Å². The zero-order valence-corrected chi connectivity index (χ0v) is 31.7. The maximum atomic E-state index is 14.5. The van der Waals surface area contributed by atoms with Crippen LogP contribution in [0.5, 0.6) is 5.75 Å². The number of benzene rings is 2. The van der Waals surface area contributed by atoms with Crippen molar-refractivity contribution in [2.24, 2.45) is 0 Å². The van der Waals surface area contributed by atoms with Crippen LogP contribution in [0.25, 0.3) is 17.2 Å². The predicted molar refractivity (Wildman–Crippen MR) is 200 cm³/mol. The van der Waals surface area contributed by atoms with Gasteiger partial charge in [0.2, 0.25) is 21.7 Å². The van der Waals surface area contributed by atoms with Crippen LogP contribution in [0, 0.1) is 0 Å². The second kappa shape index (κ2) is 14.1. The number of fused-ring (bicyclic) bond motifs is 3. The molecule has 0 unspecified atom stereocenters. The zero-order valence-electron chi connectivity index (χ0n) is 30.2. The van der Waals surface area contributed by atoms with Crippen LogP contribution in [0.2, 0.25) is 5.02 Å². The van der Waals surface area contributed by atoms with Crippen LogP contribution in [-0.2, 0) is 37.9 Å². The molecule has 3 aliphatic rings. The highest BCUT2D eigenvalue weighted by Gasteiger charge is 2.50. The molecule has 8 rings (SSSR count). The van der Waals surface area contributed by atoms with Crippen molar-refractivity contribution in [1.29, 1.82) is 0 Å². The summed E-state index contributed by atoms with van der Waals surface area (Å²) in [6.45, 7) is 1.83. The number of hydrogen-bond donors (Lipinski definition) is 2. The molecule has 2 N–H and O–H groups in total. The molecule has 3 aromatic heterocycles. The molecular weight excluding hydrogens is 793 g/mol. The van der Waals surface area contributed by atoms with E-state index < -0.39 is 57.4 Å². The molecule has 57 heavy (non-hydrogen) atoms. The third-order valence-electron chi connectivity index (χ3n) is 10.5. The van der Waals surface area contributed by atoms with Gasteiger partial charge < -0.3 is 24.6 Å². The fourth-order valence-corrected chi connectivity index (χ4v) is 9.65. The molecule has 15 nitrogen and oxygen atoms in total. The summed E-state index contributed by atoms with van der Waals surface area (Å²) in [6.07, 6.45) is -2.40. The first-order chi connectivity index (χ1) is 27.1. The number of carbonyl (C=O) groups is 2. The smallest absolute Gasteiger partial charge is 0.416 e. The Morgan fingerprint density at radius 3 is 2.47 bits per heavy atom. The van der Waals surface area contributed by atoms with E-state index in [1.807, 2.05) is 0 Å². The predicted octanol–water partition coefficient (Wildman–Crippen LogP) is 5.12. The number of aromatic hydroxyl groups is 1. The number of aromatic nitrogens is 5. The number of alkyl halides is 3. The second-order valence-corrected chi connectivity index (χ2v) is 16.5. The van der Waals surface area contributed by atoms with Crippen LogP contribution in [0.15, 0.2) is 65.6 Å². The van der Waals surface area contributed by atoms with Gasteiger partial charge >= 0.3 is 6.18 Å². The fourth-order valence-electron chi connectivity index (χ4n) is 7.79. The number of carbonyl (C=O) groups excluding carboxylic acids is 2. The highest BCUT2D eigenvalue weighted by molar-refractivity contribution is 7.92. The number of halogens is 4. The van der Waals surface area contributed by atoms with Crippen molar-refractivity contribution in [3.63, 3.8) is 0 Å². The Morgan fingerprint density at radius 1 is 1.07 bits per heavy atom. The van der Waals surface area contributed by atoms with E-state index in [2.05, 4.69) is 20.4 Å². The number of piperidine rings is 1. The lowest BCUT2D eigenvalue weighted by molar-refractivity contribution is -0.137. The van der Waals surface area contributed by atoms with Crippen molar-refractivity contribution < 1.29 is 41.0 Å². The minimum atomic E-state index is -4.65. The van der Waals surface area contributed by atoms with Crippen LogP contribution in [-0.4, -0.2) is 79.8 Å². The number of hydrogen-bond acceptors (Lipinski definition) is 10. The Bertz CT molecular complexity index is 2610. The molecule has 298 valence electrons. The lowest BCUT2D eigenvalue weighted by Crippen LogP contribution is -2.47. The standard InChI is InChI=1S/C37H34ClF3N8O7S/c1-21-31-29(36(56-21)12-16-46(17-13-36)34(53)30-27(50)5-4-14-42-30)33(52)49-35(47(31)20-28(51)43-26-11-8-23(19-25(26)38)37(39,40)41)44-32(45-49)22-6-9-24(10-7-22)48-15-2-3-18-57(48,54)55/h4-11,14,19,21,50H,2-3,12-13,15-18,20H2,1H3,(H,43,51)/t21-/m1/s1. The molecule has 1 atom stereocenters. The third-order valence-corrected chi connectivity index (χ3v) is 12.7. The van der Waals surface area contributed by atoms with Crippen LogP contribution >= 0.6 is 11.6 Å². The Labute approximate surface area is 327 Å². The number of likely N-dealkylation sites (tertiary alicyclic amines) is 1. The molecule has 3 aliphatic heterocycles. The number of pyridine rings is 1. The molecular formula is C37H34ClF3N8O7S. The Balaban J connectivity index is 1.18. The number of nitrogens with one attached hydrogen (secondary N) is 1. The number of nitrogens with zero attached hydrogens (tertiary/aromatic N) is 7. The topological polar surface area (TPSA) is 181 Å². The number of sulfonamides is 1. The minimum Gasteiger partial charge on any atom is -0.505 e. The maximum absolute atomic E-state index is 14.5. The Morgan fingerprint density at radius 2 is 1.81 bits per heavy atom. The molecule has 0 saturated carbocycles. The van der Waals surface area contributed by atoms with Gasteiger partial charge in [-0.2, -0.15) is 22.7 Å². The van der Waals surface area contributed by atoms with Crippen molar-refractivity contribution in [3.8, 4) is 17.1 Å². The molecule has 0 bridgehead atoms. The first-order valence-corrected chi connectivity index (χ1v) is 20.0. The van der Waals surface area contributed by atoms with E-state index in [1.165, 1.54) is 32.1 Å². The third kappa shape index (κ3) is 6.86. The summed E-state index contributed by atoms with van der Waals surface area (Å²) in [4.78, 5) is 51.7. The summed E-state index contributed by atoms with van der Waals surface area (Å²) in [5, 5.41) is 17.0. The van der Waals surface area contributed by atoms with Crippen molar-refractivity contribution in [3.05, 3.63) is 98.7 Å². The molecule has 1 spiro atoms. The summed E-state index contributed by atoms with van der Waals surface area (Å²) in [6, 6.07) is 11.9. The van der Waals surface area contributed by atoms with Gasteiger partial charge in [0, 0.05) is 31.4 Å². The van der Waals surface area contributed by atoms with Crippen LogP contribution < -0.4 is 15.2 Å². The molecule has 0 radical (unpaired) electrons. The van der Waals surface area contributed by atoms with Gasteiger partial charge in [-0.25, -0.2) is 13.4 Å². The normalized spacial score (nSPS) is 18.9. The largest absolute Gasteiger partial charge is 0.505 e. The van der Waals surface area contributed by atoms with Gasteiger partial charge in [0.25, 0.3) is 11.5 Å². The van der Waals surface area contributed by atoms with E-state index in [9.17, 15) is 41.1 Å². The van der Waals surface area contributed by atoms with Gasteiger partial charge in [-0.1, -0.05) is 11.6 Å². The quantitative estimate of drug-likeness (QED) is 0.233. The Hall–Kier alpha value is -5.53. The van der Waals surface area contributed by atoms with E-state index in [1.54, 1.807) is 31.2 Å². The van der Waals surface area contributed by atoms with E-state index in [0.29, 0.717) is 36.0 Å². The van der Waals surface area contributed by atoms with Crippen LogP contribution in [0.4, 0.5) is 24.5 Å². The average molecular weight is 827 g/mol. The molecule has 5 aromatic rings. The van der Waals surface area contributed by atoms with Crippen molar-refractivity contribution in [2.45, 2.75) is 57.0 Å². The molecule has 2 aromatic carbocycles. The molecule has 0 aliphatic carbocycles. The van der Waals surface area contributed by atoms with E-state index in [-0.39, 0.29) is 71.0 Å². The summed E-state index contributed by atoms with van der Waals surface area (Å²) in [5.74, 6) is -1.36. The summed E-state index contributed by atoms with van der Waals surface area (Å²) >= 11 is 6.15. The first-order valence-electron chi connectivity index (χ1n) is 18.0. The monoisotopic (exact) mass is 826 g/mol. The average Bonchev–Trinajstić information content (AvgIpc) is 3.74. The van der Waals surface area contributed by atoms with E-state index in [0.717, 1.165) is 23.1 Å². The maximum Gasteiger partial charge on any atom is 0.416 e. The SMILES string of the molecule is C[C@H]1OC2(CCN(C(=O)c3ncccc3O)CC2)c2c1n(CC(=O)Nc1ccc(C(F)(F)F)cc1Cl)c1nc(-c3ccc(N4CCCCS4(=O)=O)cc3)nn1c2=O. The second-order valence-electron chi connectivity index (χ2n) is 14.1. The molecule has 6 heterocycles. The minimum absolute atomic E-state index is 0.0316. The first kappa shape index (κ1) is 38.3. The summed E-state index contributed by atoms with van der Waals surface area (Å²) < 4.78 is 75.8. The van der Waals surface area contributed by atoms with Gasteiger partial charge in [-0.05, 0) is 87.2 Å². The molecule has 2 saturated heterocycles. The lowest BCUT2D eigenvalue weighted by atomic mass is 9.85. The number of rotatable bonds is 6. The zero-order chi connectivity index (χ0) is 40.4. The van der Waals surface area contributed by atoms with Crippen LogP contribution in [0.1, 0.15) is 66.0 Å². The molecule has 2 fully saturated rings. The highest BCUT2D eigenvalue weighted by Crippen LogP contribution is 2.48. The summed E-state index contributed by atoms with van der Waals surface area (Å²) in [5.41, 5.74) is -1.51. The van der Waals surface area contributed by atoms with Crippen LogP contribution in [0.3, 0.4) is 0 Å². The van der Waals surface area contributed by atoms with Gasteiger partial charge in [-0.15, -0.1) is 5.10 Å². The van der Waals surface area contributed by atoms with E-state index >= 15 is 0 Å². The lowest BCUT2D eigenvalue weighted by Gasteiger charge is -2.39. The summed E-state index contributed by atoms with van der Waals surface area (Å²) in [7, 11) is -3.47. The number of anilines is 2. The van der Waals surface area contributed by atoms with Gasteiger partial charge in [0.05, 0.1) is 45.1 Å². The van der Waals surface area contributed by atoms with Gasteiger partial charge in [0.1, 0.15) is 17.9 Å². The van der Waals surface area contributed by atoms with Gasteiger partial charge in [0.15, 0.2) is 11.5 Å². The number of ether oxygens (including phenoxy) is 1. The van der Waals surface area contributed by atoms with Crippen molar-refractivity contribution in [1.82, 2.24) is 29.0 Å². The van der Waals surface area contributed by atoms with Crippen molar-refractivity contribution >= 4 is 50.6 Å². The highest BCUT2D eigenvalue weighted by atomic mass is 35.5. The van der Waals surface area contributed by atoms with Gasteiger partial charge in [-0.3, -0.25) is 18.7 Å².